The van der Waals surface area contributed by atoms with E-state index in [-0.39, 0.29) is 49.0 Å². The van der Waals surface area contributed by atoms with E-state index in [4.69, 9.17) is 0 Å². The number of benzene rings is 2. The van der Waals surface area contributed by atoms with Gasteiger partial charge in [0.25, 0.3) is 0 Å². The zero-order chi connectivity index (χ0) is 26.9. The molecule has 37 heavy (non-hydrogen) atoms. The van der Waals surface area contributed by atoms with E-state index in [0.29, 0.717) is 6.42 Å². The molecule has 2 aromatic carbocycles. The molecule has 1 N–H and O–H groups in total. The first kappa shape index (κ1) is 26.5. The zero-order valence-electron chi connectivity index (χ0n) is 21.5. The van der Waals surface area contributed by atoms with Gasteiger partial charge in [0.2, 0.25) is 11.8 Å². The molecule has 0 aliphatic carbocycles. The fourth-order valence-electron chi connectivity index (χ4n) is 5.07. The minimum atomic E-state index is -0.727. The maximum Gasteiger partial charge on any atom is 0.334 e. The van der Waals surface area contributed by atoms with Gasteiger partial charge in [-0.25, -0.2) is 23.6 Å². The lowest BCUT2D eigenvalue weighted by Gasteiger charge is -2.55. The number of rotatable bonds is 6. The molecular weight excluding hydrogens is 480 g/mol. The van der Waals surface area contributed by atoms with Gasteiger partial charge in [0.05, 0.1) is 19.1 Å². The lowest BCUT2D eigenvalue weighted by atomic mass is 9.95. The second kappa shape index (κ2) is 10.8. The highest BCUT2D eigenvalue weighted by Crippen LogP contribution is 2.33. The number of urea groups is 1. The Labute approximate surface area is 215 Å². The molecule has 2 aromatic rings. The number of hydrazine groups is 1. The van der Waals surface area contributed by atoms with Crippen LogP contribution < -0.4 is 5.32 Å². The number of nitrogens with zero attached hydrogens (tertiary/aromatic N) is 4. The molecule has 2 heterocycles. The third kappa shape index (κ3) is 5.58. The lowest BCUT2D eigenvalue weighted by molar-refractivity contribution is -0.190. The van der Waals surface area contributed by atoms with Crippen LogP contribution in [-0.2, 0) is 16.1 Å². The largest absolute Gasteiger partial charge is 0.334 e. The van der Waals surface area contributed by atoms with Gasteiger partial charge in [0, 0.05) is 13.6 Å². The van der Waals surface area contributed by atoms with Gasteiger partial charge in [-0.1, -0.05) is 38.1 Å². The van der Waals surface area contributed by atoms with E-state index in [9.17, 15) is 23.2 Å². The summed E-state index contributed by atoms with van der Waals surface area (Å²) in [7, 11) is 1.66. The summed E-state index contributed by atoms with van der Waals surface area (Å²) in [6, 6.07) is 10.3. The SMILES string of the molecule is CC(C)C[C@H]1C(=O)N(C(C)c2ccc(F)cc2)CC2N1C(=O)CN(C)N2C(=O)NCc1ccc(F)cc1. The van der Waals surface area contributed by atoms with Crippen molar-refractivity contribution in [3.63, 3.8) is 0 Å². The van der Waals surface area contributed by atoms with Crippen molar-refractivity contribution < 1.29 is 23.2 Å². The van der Waals surface area contributed by atoms with Crippen molar-refractivity contribution in [3.8, 4) is 0 Å². The maximum absolute atomic E-state index is 13.7. The molecule has 2 aliphatic heterocycles. The quantitative estimate of drug-likeness (QED) is 0.642. The summed E-state index contributed by atoms with van der Waals surface area (Å²) < 4.78 is 26.8. The summed E-state index contributed by atoms with van der Waals surface area (Å²) in [6.45, 7) is 6.06. The van der Waals surface area contributed by atoms with Gasteiger partial charge in [-0.2, -0.15) is 0 Å². The fraction of sp³-hybridized carbons (Fsp3) is 0.444. The van der Waals surface area contributed by atoms with Gasteiger partial charge in [0.1, 0.15) is 23.8 Å². The van der Waals surface area contributed by atoms with Gasteiger partial charge in [-0.15, -0.1) is 0 Å². The predicted molar refractivity (Wildman–Crippen MR) is 134 cm³/mol. The summed E-state index contributed by atoms with van der Waals surface area (Å²) in [5.74, 6) is -1.01. The van der Waals surface area contributed by atoms with Crippen LogP contribution >= 0.6 is 0 Å². The molecule has 0 saturated carbocycles. The number of carbonyl (C=O) groups excluding carboxylic acids is 3. The number of likely N-dealkylation sites (N-methyl/N-ethyl adjacent to an activating group) is 1. The molecule has 8 nitrogen and oxygen atoms in total. The molecule has 0 aromatic heterocycles. The summed E-state index contributed by atoms with van der Waals surface area (Å²) in [5, 5.41) is 5.90. The molecule has 10 heteroatoms. The Morgan fingerprint density at radius 2 is 1.59 bits per heavy atom. The Morgan fingerprint density at radius 3 is 2.19 bits per heavy atom. The monoisotopic (exact) mass is 513 g/mol. The topological polar surface area (TPSA) is 76.2 Å². The second-order valence-corrected chi connectivity index (χ2v) is 10.1. The molecule has 2 fully saturated rings. The van der Waals surface area contributed by atoms with E-state index >= 15 is 0 Å². The molecule has 0 radical (unpaired) electrons. The molecule has 0 spiro atoms. The molecule has 0 bridgehead atoms. The van der Waals surface area contributed by atoms with E-state index in [1.54, 1.807) is 46.1 Å². The van der Waals surface area contributed by atoms with Crippen molar-refractivity contribution in [2.75, 3.05) is 20.1 Å². The standard InChI is InChI=1S/C27H33F2N5O3/c1-17(2)13-23-26(36)32(18(3)20-7-11-22(29)12-8-20)15-24-33(23)25(35)16-31(4)34(24)27(37)30-14-19-5-9-21(28)10-6-19/h5-12,17-18,23-24H,13-16H2,1-4H3,(H,30,37)/t18?,23-,24?/m0/s1. The van der Waals surface area contributed by atoms with Gasteiger partial charge in [0.15, 0.2) is 0 Å². The first-order chi connectivity index (χ1) is 17.6. The first-order valence-corrected chi connectivity index (χ1v) is 12.5. The second-order valence-electron chi connectivity index (χ2n) is 10.1. The van der Waals surface area contributed by atoms with E-state index < -0.39 is 24.3 Å². The van der Waals surface area contributed by atoms with Crippen molar-refractivity contribution >= 4 is 17.8 Å². The number of fused-ring (bicyclic) bond motifs is 1. The molecule has 4 rings (SSSR count). The van der Waals surface area contributed by atoms with Crippen LogP contribution in [0.2, 0.25) is 0 Å². The Bertz CT molecular complexity index is 1140. The number of nitrogens with one attached hydrogen (secondary N) is 1. The Morgan fingerprint density at radius 1 is 1.00 bits per heavy atom. The highest BCUT2D eigenvalue weighted by atomic mass is 19.1. The van der Waals surface area contributed by atoms with Crippen LogP contribution in [0.4, 0.5) is 13.6 Å². The first-order valence-electron chi connectivity index (χ1n) is 12.5. The van der Waals surface area contributed by atoms with Crippen LogP contribution in [0.25, 0.3) is 0 Å². The molecule has 2 unspecified atom stereocenters. The van der Waals surface area contributed by atoms with E-state index in [1.165, 1.54) is 29.3 Å². The van der Waals surface area contributed by atoms with Crippen LogP contribution in [-0.4, -0.2) is 70.0 Å². The Hall–Kier alpha value is -3.53. The van der Waals surface area contributed by atoms with Crippen LogP contribution in [0.5, 0.6) is 0 Å². The predicted octanol–water partition coefficient (Wildman–Crippen LogP) is 3.51. The summed E-state index contributed by atoms with van der Waals surface area (Å²) in [5.41, 5.74) is 1.49. The minimum Gasteiger partial charge on any atom is -0.333 e. The summed E-state index contributed by atoms with van der Waals surface area (Å²) >= 11 is 0. The number of piperazine rings is 1. The van der Waals surface area contributed by atoms with Crippen molar-refractivity contribution in [1.82, 2.24) is 25.1 Å². The van der Waals surface area contributed by atoms with Crippen molar-refractivity contribution in [1.29, 1.82) is 0 Å². The fourth-order valence-corrected chi connectivity index (χ4v) is 5.07. The third-order valence-corrected chi connectivity index (χ3v) is 6.97. The lowest BCUT2D eigenvalue weighted by Crippen LogP contribution is -2.76. The van der Waals surface area contributed by atoms with Crippen molar-refractivity contribution in [2.24, 2.45) is 5.92 Å². The average molecular weight is 514 g/mol. The molecule has 2 saturated heterocycles. The zero-order valence-corrected chi connectivity index (χ0v) is 21.5. The average Bonchev–Trinajstić information content (AvgIpc) is 2.84. The summed E-state index contributed by atoms with van der Waals surface area (Å²) in [4.78, 5) is 43.6. The Balaban J connectivity index is 1.63. The van der Waals surface area contributed by atoms with Crippen LogP contribution in [0.1, 0.15) is 44.4 Å². The maximum atomic E-state index is 13.7. The normalized spacial score (nSPS) is 21.3. The van der Waals surface area contributed by atoms with E-state index in [0.717, 1.165) is 11.1 Å². The smallest absolute Gasteiger partial charge is 0.333 e. The van der Waals surface area contributed by atoms with Crippen LogP contribution in [0, 0.1) is 17.6 Å². The highest BCUT2D eigenvalue weighted by molar-refractivity contribution is 5.91. The van der Waals surface area contributed by atoms with E-state index in [1.807, 2.05) is 20.8 Å². The van der Waals surface area contributed by atoms with Gasteiger partial charge >= 0.3 is 6.03 Å². The van der Waals surface area contributed by atoms with Crippen molar-refractivity contribution in [2.45, 2.75) is 52.0 Å². The third-order valence-electron chi connectivity index (χ3n) is 6.97. The number of amides is 4. The van der Waals surface area contributed by atoms with Crippen LogP contribution in [0.3, 0.4) is 0 Å². The number of carbonyl (C=O) groups is 3. The number of halogens is 2. The summed E-state index contributed by atoms with van der Waals surface area (Å²) in [6.07, 6.45) is -0.272. The molecule has 2 aliphatic rings. The highest BCUT2D eigenvalue weighted by Gasteiger charge is 2.51. The van der Waals surface area contributed by atoms with Gasteiger partial charge in [-0.3, -0.25) is 9.59 Å². The van der Waals surface area contributed by atoms with Gasteiger partial charge in [-0.05, 0) is 54.7 Å². The number of hydrogen-bond donors (Lipinski definition) is 1. The van der Waals surface area contributed by atoms with Gasteiger partial charge < -0.3 is 15.1 Å². The number of hydrogen-bond acceptors (Lipinski definition) is 4. The van der Waals surface area contributed by atoms with Crippen molar-refractivity contribution in [3.05, 3.63) is 71.3 Å². The van der Waals surface area contributed by atoms with Crippen LogP contribution in [0.15, 0.2) is 48.5 Å². The molecule has 198 valence electrons. The molecule has 3 atom stereocenters. The minimum absolute atomic E-state index is 0.0458. The Kier molecular flexibility index (Phi) is 7.77. The van der Waals surface area contributed by atoms with E-state index in [2.05, 4.69) is 5.32 Å². The molecule has 4 amide bonds. The molecular formula is C27H33F2N5O3.